The lowest BCUT2D eigenvalue weighted by molar-refractivity contribution is -0.140. The molecule has 1 aliphatic heterocycles. The predicted octanol–water partition coefficient (Wildman–Crippen LogP) is 3.87. The van der Waals surface area contributed by atoms with E-state index >= 15 is 0 Å². The first-order valence-corrected chi connectivity index (χ1v) is 12.2. The molecule has 1 saturated heterocycles. The van der Waals surface area contributed by atoms with Crippen molar-refractivity contribution in [2.24, 2.45) is 16.9 Å². The van der Waals surface area contributed by atoms with Crippen LogP contribution in [-0.4, -0.2) is 50.4 Å². The molecule has 0 unspecified atom stereocenters. The third-order valence-corrected chi connectivity index (χ3v) is 6.36. The van der Waals surface area contributed by atoms with Gasteiger partial charge < -0.3 is 24.8 Å². The molecule has 9 nitrogen and oxygen atoms in total. The summed E-state index contributed by atoms with van der Waals surface area (Å²) in [6, 6.07) is 8.38. The molecular weight excluding hydrogens is 503 g/mol. The zero-order valence-electron chi connectivity index (χ0n) is 19.7. The van der Waals surface area contributed by atoms with Gasteiger partial charge in [0.05, 0.1) is 12.2 Å². The van der Waals surface area contributed by atoms with Crippen molar-refractivity contribution in [1.29, 1.82) is 0 Å². The number of hydrogen-bond acceptors (Lipinski definition) is 7. The normalized spacial score (nSPS) is 14.8. The van der Waals surface area contributed by atoms with E-state index in [1.807, 2.05) is 4.90 Å². The molecule has 1 fully saturated rings. The maximum Gasteiger partial charge on any atom is 0.417 e. The van der Waals surface area contributed by atoms with Crippen molar-refractivity contribution >= 4 is 22.4 Å². The number of likely N-dealkylation sites (tertiary alicyclic amines) is 1. The molecule has 0 atom stereocenters. The van der Waals surface area contributed by atoms with Crippen molar-refractivity contribution in [2.45, 2.75) is 37.8 Å². The Morgan fingerprint density at radius 2 is 1.78 bits per heavy atom. The highest BCUT2D eigenvalue weighted by atomic mass is 32.2. The summed E-state index contributed by atoms with van der Waals surface area (Å²) in [5.41, 5.74) is -0.638. The molecular formula is C23H28F3N3O6S. The number of alkyl halides is 3. The van der Waals surface area contributed by atoms with Gasteiger partial charge in [-0.1, -0.05) is 12.1 Å². The van der Waals surface area contributed by atoms with E-state index < -0.39 is 32.7 Å². The van der Waals surface area contributed by atoms with E-state index in [0.717, 1.165) is 45.0 Å². The standard InChI is InChI=1S/C21H24F3N3O4S.C2H4O2/c1-15-10-17(30-13-16-6-8-27(9-7-16)14-26-25)12-18(11-15)31-32(28,29)20-5-3-2-4-19(20)21(22,23)24;1-2(3)4/h2-5,10-12,14,16H,6-9,13,25H2,1H3;1H3,(H,3,4). The smallest absolute Gasteiger partial charge is 0.417 e. The molecule has 198 valence electrons. The first-order valence-electron chi connectivity index (χ1n) is 10.8. The number of rotatable bonds is 7. The van der Waals surface area contributed by atoms with Crippen molar-refractivity contribution in [3.05, 3.63) is 53.6 Å². The fourth-order valence-corrected chi connectivity index (χ4v) is 4.62. The van der Waals surface area contributed by atoms with Gasteiger partial charge in [0, 0.05) is 26.1 Å². The van der Waals surface area contributed by atoms with Crippen molar-refractivity contribution in [1.82, 2.24) is 4.90 Å². The largest absolute Gasteiger partial charge is 0.493 e. The second-order valence-corrected chi connectivity index (χ2v) is 9.60. The van der Waals surface area contributed by atoms with Gasteiger partial charge in [0.15, 0.2) is 0 Å². The van der Waals surface area contributed by atoms with Crippen LogP contribution in [0.2, 0.25) is 0 Å². The molecule has 1 heterocycles. The highest BCUT2D eigenvalue weighted by Crippen LogP contribution is 2.35. The van der Waals surface area contributed by atoms with E-state index in [4.69, 9.17) is 24.7 Å². The number of halogens is 3. The predicted molar refractivity (Wildman–Crippen MR) is 126 cm³/mol. The molecule has 3 N–H and O–H groups in total. The first-order chi connectivity index (χ1) is 16.8. The molecule has 3 rings (SSSR count). The third-order valence-electron chi connectivity index (χ3n) is 5.06. The van der Waals surface area contributed by atoms with Crippen LogP contribution in [0.5, 0.6) is 11.5 Å². The van der Waals surface area contributed by atoms with E-state index in [1.165, 1.54) is 18.2 Å². The minimum absolute atomic E-state index is 0.119. The number of benzene rings is 2. The van der Waals surface area contributed by atoms with Crippen LogP contribution in [0.3, 0.4) is 0 Å². The number of aliphatic carboxylic acids is 1. The Morgan fingerprint density at radius 1 is 1.19 bits per heavy atom. The molecule has 1 aliphatic rings. The molecule has 0 spiro atoms. The first kappa shape index (κ1) is 28.8. The van der Waals surface area contributed by atoms with Crippen LogP contribution < -0.4 is 14.8 Å². The molecule has 2 aromatic rings. The van der Waals surface area contributed by atoms with Crippen LogP contribution in [-0.2, 0) is 21.1 Å². The highest BCUT2D eigenvalue weighted by molar-refractivity contribution is 7.87. The number of carboxylic acid groups (broad SMARTS) is 1. The summed E-state index contributed by atoms with van der Waals surface area (Å²) in [6.45, 7) is 4.81. The summed E-state index contributed by atoms with van der Waals surface area (Å²) in [7, 11) is -4.71. The Balaban J connectivity index is 0.00000106. The molecule has 36 heavy (non-hydrogen) atoms. The maximum absolute atomic E-state index is 13.2. The molecule has 2 aromatic carbocycles. The lowest BCUT2D eigenvalue weighted by atomic mass is 9.98. The Hall–Kier alpha value is -3.48. The van der Waals surface area contributed by atoms with Crippen LogP contribution in [0.1, 0.15) is 30.9 Å². The van der Waals surface area contributed by atoms with Gasteiger partial charge in [-0.3, -0.25) is 4.79 Å². The average molecular weight is 532 g/mol. The second kappa shape index (κ2) is 12.5. The van der Waals surface area contributed by atoms with Gasteiger partial charge in [-0.05, 0) is 55.5 Å². The number of nitrogens with two attached hydrogens (primary N) is 1. The van der Waals surface area contributed by atoms with Gasteiger partial charge in [-0.2, -0.15) is 26.7 Å². The molecule has 0 radical (unpaired) electrons. The van der Waals surface area contributed by atoms with Gasteiger partial charge in [0.1, 0.15) is 22.7 Å². The maximum atomic E-state index is 13.2. The molecule has 13 heteroatoms. The second-order valence-electron chi connectivity index (χ2n) is 8.09. The summed E-state index contributed by atoms with van der Waals surface area (Å²) in [4.78, 5) is 10.1. The third kappa shape index (κ3) is 8.95. The number of carboxylic acids is 1. The van der Waals surface area contributed by atoms with Crippen LogP contribution in [0.15, 0.2) is 52.5 Å². The SMILES string of the molecule is CC(=O)O.Cc1cc(OCC2CCN(C=NN)CC2)cc(OS(=O)(=O)c2ccccc2C(F)(F)F)c1. The molecule has 0 amide bonds. The van der Waals surface area contributed by atoms with Crippen molar-refractivity contribution in [3.8, 4) is 11.5 Å². The van der Waals surface area contributed by atoms with E-state index in [1.54, 1.807) is 19.3 Å². The Morgan fingerprint density at radius 3 is 2.36 bits per heavy atom. The summed E-state index contributed by atoms with van der Waals surface area (Å²) >= 11 is 0. The monoisotopic (exact) mass is 531 g/mol. The lowest BCUT2D eigenvalue weighted by Gasteiger charge is -2.30. The van der Waals surface area contributed by atoms with Gasteiger partial charge >= 0.3 is 16.3 Å². The number of hydrogen-bond donors (Lipinski definition) is 2. The summed E-state index contributed by atoms with van der Waals surface area (Å²) < 4.78 is 75.8. The number of carbonyl (C=O) groups is 1. The lowest BCUT2D eigenvalue weighted by Crippen LogP contribution is -2.34. The minimum Gasteiger partial charge on any atom is -0.493 e. The number of ether oxygens (including phenoxy) is 1. The fourth-order valence-electron chi connectivity index (χ4n) is 3.48. The quantitative estimate of drug-likeness (QED) is 0.181. The zero-order valence-corrected chi connectivity index (χ0v) is 20.6. The van der Waals surface area contributed by atoms with Crippen molar-refractivity contribution in [3.63, 3.8) is 0 Å². The fraction of sp³-hybridized carbons (Fsp3) is 0.391. The summed E-state index contributed by atoms with van der Waals surface area (Å²) in [5.74, 6) is 4.88. The molecule has 0 aromatic heterocycles. The van der Waals surface area contributed by atoms with Crippen LogP contribution in [0.4, 0.5) is 13.2 Å². The van der Waals surface area contributed by atoms with E-state index in [-0.39, 0.29) is 5.75 Å². The van der Waals surface area contributed by atoms with Gasteiger partial charge in [0.2, 0.25) is 0 Å². The van der Waals surface area contributed by atoms with Gasteiger partial charge in [-0.15, -0.1) is 0 Å². The Kier molecular flexibility index (Phi) is 9.96. The Labute approximate surface area is 207 Å². The van der Waals surface area contributed by atoms with Crippen LogP contribution in [0.25, 0.3) is 0 Å². The van der Waals surface area contributed by atoms with E-state index in [0.29, 0.717) is 29.9 Å². The number of piperidine rings is 1. The summed E-state index contributed by atoms with van der Waals surface area (Å²) in [6.07, 6.45) is -1.48. The van der Waals surface area contributed by atoms with Gasteiger partial charge in [0.25, 0.3) is 5.97 Å². The number of aryl methyl sites for hydroxylation is 1. The van der Waals surface area contributed by atoms with E-state index in [2.05, 4.69) is 5.10 Å². The molecule has 0 saturated carbocycles. The zero-order chi connectivity index (χ0) is 26.9. The topological polar surface area (TPSA) is 132 Å². The number of hydrazone groups is 1. The highest BCUT2D eigenvalue weighted by Gasteiger charge is 2.37. The minimum atomic E-state index is -4.83. The Bertz CT molecular complexity index is 1160. The average Bonchev–Trinajstić information content (AvgIpc) is 2.77. The molecule has 0 bridgehead atoms. The van der Waals surface area contributed by atoms with Crippen LogP contribution >= 0.6 is 0 Å². The number of nitrogens with zero attached hydrogens (tertiary/aromatic N) is 2. The molecule has 0 aliphatic carbocycles. The van der Waals surface area contributed by atoms with Gasteiger partial charge in [-0.25, -0.2) is 0 Å². The van der Waals surface area contributed by atoms with Crippen molar-refractivity contribution in [2.75, 3.05) is 19.7 Å². The van der Waals surface area contributed by atoms with E-state index in [9.17, 15) is 21.6 Å². The summed E-state index contributed by atoms with van der Waals surface area (Å²) in [5, 5.41) is 10.9. The van der Waals surface area contributed by atoms with Crippen LogP contribution in [0, 0.1) is 12.8 Å². The van der Waals surface area contributed by atoms with Crippen molar-refractivity contribution < 1.29 is 40.4 Å².